The van der Waals surface area contributed by atoms with E-state index in [2.05, 4.69) is 5.32 Å². The van der Waals surface area contributed by atoms with Gasteiger partial charge in [0.25, 0.3) is 11.8 Å². The number of hydrogen-bond acceptors (Lipinski definition) is 6. The van der Waals surface area contributed by atoms with Gasteiger partial charge >= 0.3 is 0 Å². The predicted octanol–water partition coefficient (Wildman–Crippen LogP) is 4.68. The molecule has 0 spiro atoms. The highest BCUT2D eigenvalue weighted by atomic mass is 35.5. The van der Waals surface area contributed by atoms with Gasteiger partial charge in [0.05, 0.1) is 33.6 Å². The molecule has 0 bridgehead atoms. The zero-order chi connectivity index (χ0) is 25.1. The quantitative estimate of drug-likeness (QED) is 0.507. The van der Waals surface area contributed by atoms with Crippen molar-refractivity contribution in [2.24, 2.45) is 0 Å². The van der Waals surface area contributed by atoms with Gasteiger partial charge < -0.3 is 29.2 Å². The molecule has 0 aliphatic carbocycles. The van der Waals surface area contributed by atoms with Crippen molar-refractivity contribution in [2.75, 3.05) is 38.2 Å². The van der Waals surface area contributed by atoms with E-state index < -0.39 is 11.7 Å². The number of benzene rings is 3. The van der Waals surface area contributed by atoms with Crippen molar-refractivity contribution in [3.8, 4) is 23.0 Å². The van der Waals surface area contributed by atoms with E-state index in [0.29, 0.717) is 34.4 Å². The highest BCUT2D eigenvalue weighted by Gasteiger charge is 2.28. The van der Waals surface area contributed by atoms with Gasteiger partial charge in [0.1, 0.15) is 11.6 Å². The monoisotopic (exact) mass is 500 g/mol. The second-order valence-corrected chi connectivity index (χ2v) is 7.93. The molecular formula is C25H22ClFN2O6. The van der Waals surface area contributed by atoms with Gasteiger partial charge in [0, 0.05) is 21.8 Å². The molecule has 1 heterocycles. The van der Waals surface area contributed by atoms with E-state index in [-0.39, 0.29) is 35.2 Å². The van der Waals surface area contributed by atoms with Crippen LogP contribution >= 0.6 is 11.6 Å². The molecule has 1 aliphatic rings. The molecular weight excluding hydrogens is 479 g/mol. The normalized spacial score (nSPS) is 12.5. The van der Waals surface area contributed by atoms with E-state index >= 15 is 0 Å². The van der Waals surface area contributed by atoms with Crippen molar-refractivity contribution < 1.29 is 32.9 Å². The van der Waals surface area contributed by atoms with Crippen molar-refractivity contribution in [3.05, 3.63) is 70.5 Å². The Balaban J connectivity index is 1.64. The van der Waals surface area contributed by atoms with Crippen molar-refractivity contribution in [2.45, 2.75) is 6.54 Å². The number of amides is 2. The van der Waals surface area contributed by atoms with Gasteiger partial charge in [-0.1, -0.05) is 17.7 Å². The van der Waals surface area contributed by atoms with Crippen molar-refractivity contribution in [3.63, 3.8) is 0 Å². The summed E-state index contributed by atoms with van der Waals surface area (Å²) >= 11 is 6.17. The molecule has 182 valence electrons. The summed E-state index contributed by atoms with van der Waals surface area (Å²) in [6.07, 6.45) is 0. The first-order valence-electron chi connectivity index (χ1n) is 10.5. The zero-order valence-corrected chi connectivity index (χ0v) is 19.9. The van der Waals surface area contributed by atoms with E-state index in [9.17, 15) is 14.0 Å². The third-order valence-electron chi connectivity index (χ3n) is 5.46. The van der Waals surface area contributed by atoms with Gasteiger partial charge in [-0.25, -0.2) is 4.39 Å². The first-order valence-corrected chi connectivity index (χ1v) is 10.9. The minimum atomic E-state index is -0.523. The standard InChI is InChI=1S/C25H22ClFN2O6/c1-32-21-9-14(10-22(33-2)24(21)34-3)25(31)28-15-7-8-20-19(11-15)29(23(30)13-35-20)12-16-17(26)5-4-6-18(16)27/h4-11H,12-13H2,1-3H3,(H,28,31). The molecule has 3 aromatic carbocycles. The topological polar surface area (TPSA) is 86.3 Å². The van der Waals surface area contributed by atoms with Crippen LogP contribution in [-0.4, -0.2) is 39.8 Å². The van der Waals surface area contributed by atoms with Gasteiger partial charge in [0.2, 0.25) is 5.75 Å². The smallest absolute Gasteiger partial charge is 0.265 e. The highest BCUT2D eigenvalue weighted by molar-refractivity contribution is 6.31. The van der Waals surface area contributed by atoms with Crippen molar-refractivity contribution in [1.82, 2.24) is 0 Å². The SMILES string of the molecule is COc1cc(C(=O)Nc2ccc3c(c2)N(Cc2c(F)cccc2Cl)C(=O)CO3)cc(OC)c1OC. The number of hydrogen-bond donors (Lipinski definition) is 1. The Bertz CT molecular complexity index is 1250. The number of fused-ring (bicyclic) bond motifs is 1. The largest absolute Gasteiger partial charge is 0.493 e. The second kappa shape index (κ2) is 10.1. The van der Waals surface area contributed by atoms with Crippen LogP contribution in [-0.2, 0) is 11.3 Å². The minimum Gasteiger partial charge on any atom is -0.493 e. The molecule has 0 atom stereocenters. The lowest BCUT2D eigenvalue weighted by Crippen LogP contribution is -2.38. The number of nitrogens with zero attached hydrogens (tertiary/aromatic N) is 1. The Morgan fingerprint density at radius 3 is 2.43 bits per heavy atom. The molecule has 0 saturated carbocycles. The third kappa shape index (κ3) is 4.81. The number of carbonyl (C=O) groups is 2. The summed E-state index contributed by atoms with van der Waals surface area (Å²) < 4.78 is 35.8. The van der Waals surface area contributed by atoms with Gasteiger partial charge in [-0.05, 0) is 42.5 Å². The number of anilines is 2. The van der Waals surface area contributed by atoms with Crippen molar-refractivity contribution >= 4 is 34.8 Å². The Labute approximate surface area is 206 Å². The average molecular weight is 501 g/mol. The molecule has 10 heteroatoms. The van der Waals surface area contributed by atoms with Crippen LogP contribution in [0.3, 0.4) is 0 Å². The van der Waals surface area contributed by atoms with E-state index in [1.165, 1.54) is 50.5 Å². The molecule has 0 radical (unpaired) electrons. The Morgan fingerprint density at radius 2 is 1.80 bits per heavy atom. The van der Waals surface area contributed by atoms with Crippen LogP contribution < -0.4 is 29.2 Å². The lowest BCUT2D eigenvalue weighted by Gasteiger charge is -2.30. The van der Waals surface area contributed by atoms with Crippen LogP contribution in [0.15, 0.2) is 48.5 Å². The zero-order valence-electron chi connectivity index (χ0n) is 19.2. The lowest BCUT2D eigenvalue weighted by molar-refractivity contribution is -0.121. The number of rotatable bonds is 7. The first-order chi connectivity index (χ1) is 16.9. The maximum Gasteiger partial charge on any atom is 0.265 e. The van der Waals surface area contributed by atoms with E-state index in [1.807, 2.05) is 0 Å². The number of halogens is 2. The first kappa shape index (κ1) is 24.2. The number of nitrogens with one attached hydrogen (secondary N) is 1. The number of methoxy groups -OCH3 is 3. The molecule has 35 heavy (non-hydrogen) atoms. The summed E-state index contributed by atoms with van der Waals surface area (Å²) in [4.78, 5) is 27.0. The maximum absolute atomic E-state index is 14.4. The molecule has 0 aromatic heterocycles. The fourth-order valence-electron chi connectivity index (χ4n) is 3.71. The van der Waals surface area contributed by atoms with E-state index in [0.717, 1.165) is 0 Å². The second-order valence-electron chi connectivity index (χ2n) is 7.52. The van der Waals surface area contributed by atoms with Crippen LogP contribution in [0.4, 0.5) is 15.8 Å². The summed E-state index contributed by atoms with van der Waals surface area (Å²) in [6, 6.07) is 12.2. The van der Waals surface area contributed by atoms with Gasteiger partial charge in [-0.2, -0.15) is 0 Å². The van der Waals surface area contributed by atoms with Gasteiger partial charge in [-0.15, -0.1) is 0 Å². The summed E-state index contributed by atoms with van der Waals surface area (Å²) in [7, 11) is 4.38. The Hall–Kier alpha value is -3.98. The van der Waals surface area contributed by atoms with Crippen LogP contribution in [0.25, 0.3) is 0 Å². The van der Waals surface area contributed by atoms with E-state index in [1.54, 1.807) is 24.3 Å². The summed E-state index contributed by atoms with van der Waals surface area (Å²) in [5, 5.41) is 2.99. The molecule has 1 aliphatic heterocycles. The Morgan fingerprint density at radius 1 is 1.09 bits per heavy atom. The van der Waals surface area contributed by atoms with Crippen LogP contribution in [0, 0.1) is 5.82 Å². The molecule has 0 unspecified atom stereocenters. The fourth-order valence-corrected chi connectivity index (χ4v) is 3.93. The molecule has 3 aromatic rings. The van der Waals surface area contributed by atoms with Crippen LogP contribution in [0.2, 0.25) is 5.02 Å². The average Bonchev–Trinajstić information content (AvgIpc) is 2.86. The third-order valence-corrected chi connectivity index (χ3v) is 5.82. The fraction of sp³-hybridized carbons (Fsp3) is 0.200. The maximum atomic E-state index is 14.4. The summed E-state index contributed by atoms with van der Waals surface area (Å²) in [6.45, 7) is -0.290. The molecule has 4 rings (SSSR count). The van der Waals surface area contributed by atoms with Crippen molar-refractivity contribution in [1.29, 1.82) is 0 Å². The number of ether oxygens (including phenoxy) is 4. The van der Waals surface area contributed by atoms with E-state index in [4.69, 9.17) is 30.5 Å². The minimum absolute atomic E-state index is 0.0923. The highest BCUT2D eigenvalue weighted by Crippen LogP contribution is 2.39. The summed E-state index contributed by atoms with van der Waals surface area (Å²) in [5.41, 5.74) is 1.22. The number of carbonyl (C=O) groups excluding carboxylic acids is 2. The predicted molar refractivity (Wildman–Crippen MR) is 129 cm³/mol. The van der Waals surface area contributed by atoms with Gasteiger partial charge in [-0.3, -0.25) is 9.59 Å². The molecule has 1 N–H and O–H groups in total. The Kier molecular flexibility index (Phi) is 6.97. The van der Waals surface area contributed by atoms with Crippen LogP contribution in [0.1, 0.15) is 15.9 Å². The summed E-state index contributed by atoms with van der Waals surface area (Å²) in [5.74, 6) is 0.0936. The molecule has 2 amide bonds. The van der Waals surface area contributed by atoms with Gasteiger partial charge in [0.15, 0.2) is 18.1 Å². The van der Waals surface area contributed by atoms with Crippen LogP contribution in [0.5, 0.6) is 23.0 Å². The lowest BCUT2D eigenvalue weighted by atomic mass is 10.1. The molecule has 8 nitrogen and oxygen atoms in total. The molecule has 0 fully saturated rings. The molecule has 0 saturated heterocycles.